The lowest BCUT2D eigenvalue weighted by Gasteiger charge is -2.04. The van der Waals surface area contributed by atoms with Gasteiger partial charge >= 0.3 is 0 Å². The lowest BCUT2D eigenvalue weighted by molar-refractivity contribution is 0.102. The highest BCUT2D eigenvalue weighted by Gasteiger charge is 2.17. The highest BCUT2D eigenvalue weighted by molar-refractivity contribution is 6.30. The molecule has 26 heavy (non-hydrogen) atoms. The third kappa shape index (κ3) is 3.27. The lowest BCUT2D eigenvalue weighted by Crippen LogP contribution is -2.14. The summed E-state index contributed by atoms with van der Waals surface area (Å²) in [4.78, 5) is 20.5. The Morgan fingerprint density at radius 1 is 1.04 bits per heavy atom. The Hall–Kier alpha value is -3.25. The maximum atomic E-state index is 12.7. The number of nitrogens with zero attached hydrogens (tertiary/aromatic N) is 4. The minimum atomic E-state index is -0.300. The molecule has 7 heteroatoms. The van der Waals surface area contributed by atoms with E-state index < -0.39 is 0 Å². The number of anilines is 1. The van der Waals surface area contributed by atoms with Crippen molar-refractivity contribution in [1.82, 2.24) is 19.7 Å². The van der Waals surface area contributed by atoms with Gasteiger partial charge in [0.15, 0.2) is 5.69 Å². The fourth-order valence-electron chi connectivity index (χ4n) is 2.73. The molecule has 2 heterocycles. The smallest absolute Gasteiger partial charge is 0.276 e. The van der Waals surface area contributed by atoms with Crippen molar-refractivity contribution in [3.05, 3.63) is 83.5 Å². The highest BCUT2D eigenvalue weighted by atomic mass is 35.5. The number of carbonyl (C=O) groups excluding carboxylic acids is 1. The molecule has 128 valence electrons. The van der Waals surface area contributed by atoms with Crippen LogP contribution in [-0.4, -0.2) is 25.7 Å². The molecule has 0 fully saturated rings. The molecule has 0 aliphatic carbocycles. The molecule has 4 rings (SSSR count). The van der Waals surface area contributed by atoms with Gasteiger partial charge in [0.25, 0.3) is 5.91 Å². The molecule has 0 spiro atoms. The highest BCUT2D eigenvalue weighted by Crippen LogP contribution is 2.21. The van der Waals surface area contributed by atoms with Crippen LogP contribution in [0.4, 0.5) is 5.69 Å². The average Bonchev–Trinajstić information content (AvgIpc) is 3.03. The predicted octanol–water partition coefficient (Wildman–Crippen LogP) is 3.78. The number of halogens is 1. The number of aromatic nitrogens is 4. The van der Waals surface area contributed by atoms with Crippen molar-refractivity contribution in [2.24, 2.45) is 0 Å². The standard InChI is InChI=1S/C19H14ClN5O/c20-14-7-5-13(6-8-14)11-25-17-4-2-1-3-16(17)18(24-25)19(26)23-15-9-21-12-22-10-15/h1-10,12H,11H2,(H,23,26). The molecule has 1 amide bonds. The van der Waals surface area contributed by atoms with Crippen molar-refractivity contribution >= 4 is 34.1 Å². The first-order valence-electron chi connectivity index (χ1n) is 7.97. The zero-order valence-corrected chi connectivity index (χ0v) is 14.4. The fraction of sp³-hybridized carbons (Fsp3) is 0.0526. The molecule has 0 atom stereocenters. The molecule has 2 aromatic carbocycles. The molecule has 1 N–H and O–H groups in total. The van der Waals surface area contributed by atoms with E-state index >= 15 is 0 Å². The van der Waals surface area contributed by atoms with E-state index in [0.29, 0.717) is 22.9 Å². The second-order valence-electron chi connectivity index (χ2n) is 5.73. The summed E-state index contributed by atoms with van der Waals surface area (Å²) in [7, 11) is 0. The van der Waals surface area contributed by atoms with Gasteiger partial charge < -0.3 is 5.32 Å². The maximum absolute atomic E-state index is 12.7. The van der Waals surface area contributed by atoms with Crippen molar-refractivity contribution in [2.45, 2.75) is 6.54 Å². The summed E-state index contributed by atoms with van der Waals surface area (Å²) in [6.45, 7) is 0.541. The molecule has 2 aromatic heterocycles. The third-order valence-corrected chi connectivity index (χ3v) is 4.19. The summed E-state index contributed by atoms with van der Waals surface area (Å²) < 4.78 is 1.81. The van der Waals surface area contributed by atoms with E-state index in [4.69, 9.17) is 11.6 Å². The van der Waals surface area contributed by atoms with Gasteiger partial charge in [0, 0.05) is 10.4 Å². The van der Waals surface area contributed by atoms with Crippen molar-refractivity contribution < 1.29 is 4.79 Å². The summed E-state index contributed by atoms with van der Waals surface area (Å²) in [5.41, 5.74) is 2.82. The molecule has 0 bridgehead atoms. The van der Waals surface area contributed by atoms with Crippen LogP contribution < -0.4 is 5.32 Å². The summed E-state index contributed by atoms with van der Waals surface area (Å²) >= 11 is 5.95. The van der Waals surface area contributed by atoms with Gasteiger partial charge in [-0.3, -0.25) is 9.48 Å². The topological polar surface area (TPSA) is 72.7 Å². The van der Waals surface area contributed by atoms with Crippen LogP contribution in [0.3, 0.4) is 0 Å². The number of nitrogens with one attached hydrogen (secondary N) is 1. The van der Waals surface area contributed by atoms with Crippen molar-refractivity contribution in [3.63, 3.8) is 0 Å². The van der Waals surface area contributed by atoms with Gasteiger partial charge in [-0.1, -0.05) is 41.9 Å². The predicted molar refractivity (Wildman–Crippen MR) is 100 cm³/mol. The number of rotatable bonds is 4. The second-order valence-corrected chi connectivity index (χ2v) is 6.17. The normalized spacial score (nSPS) is 10.8. The van der Waals surface area contributed by atoms with Gasteiger partial charge in [0.05, 0.1) is 30.1 Å². The van der Waals surface area contributed by atoms with Crippen LogP contribution in [0.5, 0.6) is 0 Å². The molecule has 0 saturated heterocycles. The second kappa shape index (κ2) is 6.93. The average molecular weight is 364 g/mol. The van der Waals surface area contributed by atoms with Crippen LogP contribution in [0.2, 0.25) is 5.02 Å². The van der Waals surface area contributed by atoms with Crippen LogP contribution in [0.1, 0.15) is 16.1 Å². The van der Waals surface area contributed by atoms with E-state index in [1.807, 2.05) is 53.2 Å². The summed E-state index contributed by atoms with van der Waals surface area (Å²) in [5.74, 6) is -0.300. The van der Waals surface area contributed by atoms with Crippen molar-refractivity contribution in [3.8, 4) is 0 Å². The van der Waals surface area contributed by atoms with Gasteiger partial charge in [-0.25, -0.2) is 9.97 Å². The monoisotopic (exact) mass is 363 g/mol. The molecule has 6 nitrogen and oxygen atoms in total. The lowest BCUT2D eigenvalue weighted by atomic mass is 10.2. The molecule has 0 radical (unpaired) electrons. The van der Waals surface area contributed by atoms with Crippen LogP contribution in [0.25, 0.3) is 10.9 Å². The minimum absolute atomic E-state index is 0.300. The first kappa shape index (κ1) is 16.2. The number of para-hydroxylation sites is 1. The SMILES string of the molecule is O=C(Nc1cncnc1)c1nn(Cc2ccc(Cl)cc2)c2ccccc12. The minimum Gasteiger partial charge on any atom is -0.318 e. The van der Waals surface area contributed by atoms with Crippen molar-refractivity contribution in [2.75, 3.05) is 5.32 Å². The number of fused-ring (bicyclic) bond motifs is 1. The van der Waals surface area contributed by atoms with E-state index in [1.165, 1.54) is 18.7 Å². The van der Waals surface area contributed by atoms with Gasteiger partial charge in [-0.2, -0.15) is 5.10 Å². The third-order valence-electron chi connectivity index (χ3n) is 3.94. The Morgan fingerprint density at radius 2 is 1.77 bits per heavy atom. The van der Waals surface area contributed by atoms with Crippen LogP contribution >= 0.6 is 11.6 Å². The molecule has 0 aliphatic rings. The summed E-state index contributed by atoms with van der Waals surface area (Å²) in [6, 6.07) is 15.2. The quantitative estimate of drug-likeness (QED) is 0.599. The number of benzene rings is 2. The Labute approximate surface area is 154 Å². The largest absolute Gasteiger partial charge is 0.318 e. The maximum Gasteiger partial charge on any atom is 0.276 e. The first-order valence-corrected chi connectivity index (χ1v) is 8.35. The zero-order valence-electron chi connectivity index (χ0n) is 13.6. The molecule has 0 aliphatic heterocycles. The van der Waals surface area contributed by atoms with Gasteiger partial charge in [0.2, 0.25) is 0 Å². The number of carbonyl (C=O) groups is 1. The van der Waals surface area contributed by atoms with Crippen LogP contribution in [-0.2, 0) is 6.54 Å². The Bertz CT molecular complexity index is 1060. The van der Waals surface area contributed by atoms with Gasteiger partial charge in [0.1, 0.15) is 6.33 Å². The van der Waals surface area contributed by atoms with Crippen molar-refractivity contribution in [1.29, 1.82) is 0 Å². The Kier molecular flexibility index (Phi) is 4.33. The molecular weight excluding hydrogens is 350 g/mol. The zero-order chi connectivity index (χ0) is 17.9. The summed E-state index contributed by atoms with van der Waals surface area (Å²) in [5, 5.41) is 8.78. The van der Waals surface area contributed by atoms with E-state index in [1.54, 1.807) is 0 Å². The van der Waals surface area contributed by atoms with E-state index in [-0.39, 0.29) is 5.91 Å². The van der Waals surface area contributed by atoms with E-state index in [9.17, 15) is 4.79 Å². The number of hydrogen-bond donors (Lipinski definition) is 1. The van der Waals surface area contributed by atoms with Crippen LogP contribution in [0.15, 0.2) is 67.3 Å². The van der Waals surface area contributed by atoms with Gasteiger partial charge in [-0.15, -0.1) is 0 Å². The first-order chi connectivity index (χ1) is 12.7. The fourth-order valence-corrected chi connectivity index (χ4v) is 2.86. The molecular formula is C19H14ClN5O. The Balaban J connectivity index is 1.69. The molecule has 0 saturated carbocycles. The summed E-state index contributed by atoms with van der Waals surface area (Å²) in [6.07, 6.45) is 4.49. The Morgan fingerprint density at radius 3 is 2.54 bits per heavy atom. The number of amides is 1. The molecule has 0 unspecified atom stereocenters. The van der Waals surface area contributed by atoms with Gasteiger partial charge in [-0.05, 0) is 23.8 Å². The molecule has 4 aromatic rings. The van der Waals surface area contributed by atoms with E-state index in [2.05, 4.69) is 20.4 Å². The van der Waals surface area contributed by atoms with Crippen LogP contribution in [0, 0.1) is 0 Å². The van der Waals surface area contributed by atoms with E-state index in [0.717, 1.165) is 16.5 Å². The number of hydrogen-bond acceptors (Lipinski definition) is 4.